The first-order valence-corrected chi connectivity index (χ1v) is 9.95. The molecule has 1 unspecified atom stereocenters. The van der Waals surface area contributed by atoms with Gasteiger partial charge in [-0.15, -0.1) is 0 Å². The molecule has 0 spiro atoms. The largest absolute Gasteiger partial charge is 0.369 e. The molecule has 2 aromatic carbocycles. The van der Waals surface area contributed by atoms with E-state index in [0.717, 1.165) is 37.1 Å². The van der Waals surface area contributed by atoms with Crippen molar-refractivity contribution in [2.45, 2.75) is 19.4 Å². The van der Waals surface area contributed by atoms with Gasteiger partial charge in [0.25, 0.3) is 5.91 Å². The minimum absolute atomic E-state index is 0.119. The summed E-state index contributed by atoms with van der Waals surface area (Å²) < 4.78 is 26.4. The Morgan fingerprint density at radius 2 is 1.74 bits per heavy atom. The van der Waals surface area contributed by atoms with Crippen molar-refractivity contribution in [2.75, 3.05) is 25.0 Å². The van der Waals surface area contributed by atoms with E-state index in [1.807, 2.05) is 12.1 Å². The third-order valence-electron chi connectivity index (χ3n) is 5.09. The number of anilines is 1. The standard InChI is InChI=1S/C22H24F2N4O3/c23-17-8-16(9-18(24)10-17)22(31)26-11-20(29)27-19-5-3-14(4-6-19)12-28-7-1-2-15(13-28)21(25)30/h3-6,8-10,15H,1-2,7,11-13H2,(H2,25,30)(H,26,31)(H,27,29). The molecule has 9 heteroatoms. The van der Waals surface area contributed by atoms with E-state index in [0.29, 0.717) is 24.8 Å². The minimum atomic E-state index is -0.871. The summed E-state index contributed by atoms with van der Waals surface area (Å²) in [6.45, 7) is 1.87. The molecule has 0 bridgehead atoms. The number of benzene rings is 2. The molecule has 7 nitrogen and oxygen atoms in total. The highest BCUT2D eigenvalue weighted by atomic mass is 19.1. The summed E-state index contributed by atoms with van der Waals surface area (Å²) >= 11 is 0. The predicted molar refractivity (Wildman–Crippen MR) is 111 cm³/mol. The molecule has 4 N–H and O–H groups in total. The van der Waals surface area contributed by atoms with Gasteiger partial charge in [0.05, 0.1) is 12.5 Å². The summed E-state index contributed by atoms with van der Waals surface area (Å²) in [5.74, 6) is -3.35. The smallest absolute Gasteiger partial charge is 0.251 e. The Bertz CT molecular complexity index is 945. The Kier molecular flexibility index (Phi) is 7.30. The summed E-state index contributed by atoms with van der Waals surface area (Å²) in [6, 6.07) is 9.68. The van der Waals surface area contributed by atoms with Crippen LogP contribution >= 0.6 is 0 Å². The number of rotatable bonds is 7. The lowest BCUT2D eigenvalue weighted by molar-refractivity contribution is -0.123. The Morgan fingerprint density at radius 3 is 2.39 bits per heavy atom. The second-order valence-corrected chi connectivity index (χ2v) is 7.56. The molecule has 31 heavy (non-hydrogen) atoms. The third-order valence-corrected chi connectivity index (χ3v) is 5.09. The van der Waals surface area contributed by atoms with Gasteiger partial charge in [0.15, 0.2) is 0 Å². The number of carbonyl (C=O) groups is 3. The van der Waals surface area contributed by atoms with Crippen molar-refractivity contribution in [3.05, 3.63) is 65.2 Å². The fourth-order valence-corrected chi connectivity index (χ4v) is 3.54. The molecule has 164 valence electrons. The van der Waals surface area contributed by atoms with Gasteiger partial charge in [-0.3, -0.25) is 19.3 Å². The van der Waals surface area contributed by atoms with Gasteiger partial charge in [-0.05, 0) is 49.2 Å². The van der Waals surface area contributed by atoms with E-state index in [2.05, 4.69) is 15.5 Å². The molecule has 1 fully saturated rings. The molecule has 3 rings (SSSR count). The number of amides is 3. The highest BCUT2D eigenvalue weighted by Gasteiger charge is 2.23. The molecule has 1 aliphatic heterocycles. The maximum Gasteiger partial charge on any atom is 0.251 e. The number of primary amides is 1. The first kappa shape index (κ1) is 22.4. The lowest BCUT2D eigenvalue weighted by Gasteiger charge is -2.31. The highest BCUT2D eigenvalue weighted by molar-refractivity contribution is 5.99. The Labute approximate surface area is 178 Å². The number of nitrogens with zero attached hydrogens (tertiary/aromatic N) is 1. The monoisotopic (exact) mass is 430 g/mol. The lowest BCUT2D eigenvalue weighted by atomic mass is 9.97. The molecule has 2 aromatic rings. The summed E-state index contributed by atoms with van der Waals surface area (Å²) in [5.41, 5.74) is 6.79. The Morgan fingerprint density at radius 1 is 1.06 bits per heavy atom. The zero-order chi connectivity index (χ0) is 22.4. The molecule has 0 aromatic heterocycles. The average molecular weight is 430 g/mol. The molecule has 0 aliphatic carbocycles. The lowest BCUT2D eigenvalue weighted by Crippen LogP contribution is -2.40. The SMILES string of the molecule is NC(=O)C1CCCN(Cc2ccc(NC(=O)CNC(=O)c3cc(F)cc(F)c3)cc2)C1. The molecule has 1 atom stereocenters. The molecule has 1 saturated heterocycles. The molecular weight excluding hydrogens is 406 g/mol. The van der Waals surface area contributed by atoms with Crippen LogP contribution in [0.1, 0.15) is 28.8 Å². The van der Waals surface area contributed by atoms with Crippen LogP contribution < -0.4 is 16.4 Å². The van der Waals surface area contributed by atoms with E-state index < -0.39 is 23.4 Å². The van der Waals surface area contributed by atoms with Crippen LogP contribution in [0, 0.1) is 17.6 Å². The first-order chi connectivity index (χ1) is 14.8. The van der Waals surface area contributed by atoms with Crippen molar-refractivity contribution in [1.29, 1.82) is 0 Å². The predicted octanol–water partition coefficient (Wildman–Crippen LogP) is 2.03. The van der Waals surface area contributed by atoms with Gasteiger partial charge in [0, 0.05) is 30.4 Å². The number of hydrogen-bond acceptors (Lipinski definition) is 4. The number of nitrogens with two attached hydrogens (primary N) is 1. The van der Waals surface area contributed by atoms with E-state index in [9.17, 15) is 23.2 Å². The number of likely N-dealkylation sites (tertiary alicyclic amines) is 1. The average Bonchev–Trinajstić information content (AvgIpc) is 2.73. The number of piperidine rings is 1. The zero-order valence-corrected chi connectivity index (χ0v) is 16.9. The summed E-state index contributed by atoms with van der Waals surface area (Å²) in [7, 11) is 0. The second-order valence-electron chi connectivity index (χ2n) is 7.56. The van der Waals surface area contributed by atoms with Crippen LogP contribution in [0.3, 0.4) is 0 Å². The Balaban J connectivity index is 1.47. The quantitative estimate of drug-likeness (QED) is 0.625. The summed E-state index contributed by atoms with van der Waals surface area (Å²) in [5, 5.41) is 4.97. The van der Waals surface area contributed by atoms with Gasteiger partial charge >= 0.3 is 0 Å². The van der Waals surface area contributed by atoms with Crippen molar-refractivity contribution in [1.82, 2.24) is 10.2 Å². The van der Waals surface area contributed by atoms with E-state index in [1.165, 1.54) is 0 Å². The van der Waals surface area contributed by atoms with Crippen molar-refractivity contribution in [2.24, 2.45) is 11.7 Å². The molecule has 3 amide bonds. The van der Waals surface area contributed by atoms with Crippen LogP contribution in [0.15, 0.2) is 42.5 Å². The zero-order valence-electron chi connectivity index (χ0n) is 16.9. The van der Waals surface area contributed by atoms with Gasteiger partial charge in [0.1, 0.15) is 11.6 Å². The maximum atomic E-state index is 13.2. The van der Waals surface area contributed by atoms with Crippen molar-refractivity contribution in [3.63, 3.8) is 0 Å². The van der Waals surface area contributed by atoms with Gasteiger partial charge in [0.2, 0.25) is 11.8 Å². The second kappa shape index (κ2) is 10.1. The molecule has 0 saturated carbocycles. The fourth-order valence-electron chi connectivity index (χ4n) is 3.54. The van der Waals surface area contributed by atoms with Crippen LogP contribution in [0.4, 0.5) is 14.5 Å². The van der Waals surface area contributed by atoms with E-state index in [-0.39, 0.29) is 23.9 Å². The van der Waals surface area contributed by atoms with E-state index in [4.69, 9.17) is 5.73 Å². The number of carbonyl (C=O) groups excluding carboxylic acids is 3. The van der Waals surface area contributed by atoms with Gasteiger partial charge < -0.3 is 16.4 Å². The molecular formula is C22H24F2N4O3. The third kappa shape index (κ3) is 6.58. The molecule has 0 radical (unpaired) electrons. The topological polar surface area (TPSA) is 105 Å². The molecule has 1 heterocycles. The Hall–Kier alpha value is -3.33. The number of hydrogen-bond donors (Lipinski definition) is 3. The van der Waals surface area contributed by atoms with Crippen LogP contribution in [0.2, 0.25) is 0 Å². The van der Waals surface area contributed by atoms with Crippen LogP contribution in [0.25, 0.3) is 0 Å². The van der Waals surface area contributed by atoms with E-state index in [1.54, 1.807) is 12.1 Å². The fraction of sp³-hybridized carbons (Fsp3) is 0.318. The number of nitrogens with one attached hydrogen (secondary N) is 2. The van der Waals surface area contributed by atoms with Crippen molar-refractivity contribution in [3.8, 4) is 0 Å². The minimum Gasteiger partial charge on any atom is -0.369 e. The first-order valence-electron chi connectivity index (χ1n) is 9.95. The highest BCUT2D eigenvalue weighted by Crippen LogP contribution is 2.19. The summed E-state index contributed by atoms with van der Waals surface area (Å²) in [4.78, 5) is 37.6. The number of halogens is 2. The van der Waals surface area contributed by atoms with Crippen molar-refractivity contribution < 1.29 is 23.2 Å². The van der Waals surface area contributed by atoms with Gasteiger partial charge in [-0.2, -0.15) is 0 Å². The van der Waals surface area contributed by atoms with Gasteiger partial charge in [-0.25, -0.2) is 8.78 Å². The van der Waals surface area contributed by atoms with Crippen LogP contribution in [-0.4, -0.2) is 42.3 Å². The normalized spacial score (nSPS) is 16.5. The molecule has 1 aliphatic rings. The van der Waals surface area contributed by atoms with Crippen molar-refractivity contribution >= 4 is 23.4 Å². The van der Waals surface area contributed by atoms with Crippen LogP contribution in [0.5, 0.6) is 0 Å². The van der Waals surface area contributed by atoms with E-state index >= 15 is 0 Å². The summed E-state index contributed by atoms with van der Waals surface area (Å²) in [6.07, 6.45) is 1.75. The van der Waals surface area contributed by atoms with Crippen LogP contribution in [-0.2, 0) is 16.1 Å². The maximum absolute atomic E-state index is 13.2. The van der Waals surface area contributed by atoms with Gasteiger partial charge in [-0.1, -0.05) is 12.1 Å².